The number of carboxylic acid groups (broad SMARTS) is 1. The Morgan fingerprint density at radius 1 is 1.07 bits per heavy atom. The monoisotopic (exact) mass is 389 g/mol. The summed E-state index contributed by atoms with van der Waals surface area (Å²) in [6, 6.07) is 14.6. The summed E-state index contributed by atoms with van der Waals surface area (Å²) in [6.45, 7) is 2.06. The van der Waals surface area contributed by atoms with Crippen LogP contribution in [0.5, 0.6) is 5.75 Å². The molecule has 0 fully saturated rings. The van der Waals surface area contributed by atoms with Crippen molar-refractivity contribution in [3.05, 3.63) is 83.4 Å². The predicted octanol–water partition coefficient (Wildman–Crippen LogP) is -1.40. The molecule has 1 aromatic heterocycles. The number of nitrogens with zero attached hydrogens (tertiary/aromatic N) is 2. The van der Waals surface area contributed by atoms with Crippen LogP contribution in [-0.2, 0) is 19.6 Å². The van der Waals surface area contributed by atoms with Crippen molar-refractivity contribution in [3.8, 4) is 5.75 Å². The van der Waals surface area contributed by atoms with E-state index in [4.69, 9.17) is 4.74 Å². The van der Waals surface area contributed by atoms with Gasteiger partial charge in [-0.1, -0.05) is 36.4 Å². The smallest absolute Gasteiger partial charge is 0.545 e. The van der Waals surface area contributed by atoms with E-state index in [1.165, 1.54) is 5.56 Å². The predicted molar refractivity (Wildman–Crippen MR) is 95.6 cm³/mol. The Hall–Kier alpha value is -1.48. The normalized spacial score (nSPS) is 10.3. The average Bonchev–Trinajstić information content (AvgIpc) is 3.10. The fourth-order valence-electron chi connectivity index (χ4n) is 2.62. The third-order valence-corrected chi connectivity index (χ3v) is 4.04. The third-order valence-electron chi connectivity index (χ3n) is 4.04. The summed E-state index contributed by atoms with van der Waals surface area (Å²) in [5, 5.41) is 14.1. The largest absolute Gasteiger partial charge is 1.00 e. The van der Waals surface area contributed by atoms with Gasteiger partial charge in [-0.15, -0.1) is 0 Å². The molecule has 0 aliphatic rings. The van der Waals surface area contributed by atoms with Crippen molar-refractivity contribution >= 4 is 5.97 Å². The number of benzene rings is 2. The Balaban J connectivity index is 0.00000261. The number of aromatic nitrogens is 2. The van der Waals surface area contributed by atoms with Gasteiger partial charge in [-0.2, -0.15) is 0 Å². The first kappa shape index (κ1) is 21.8. The maximum absolute atomic E-state index is 10.8. The SMILES string of the molecule is COc1ccc(CNCc2cn(Cc3ccc(C(=O)[O-])cc3)cn2)cc1.[K+]. The van der Waals surface area contributed by atoms with E-state index < -0.39 is 5.97 Å². The second-order valence-corrected chi connectivity index (χ2v) is 5.97. The van der Waals surface area contributed by atoms with Crippen LogP contribution in [0.25, 0.3) is 0 Å². The van der Waals surface area contributed by atoms with Crippen LogP contribution >= 0.6 is 0 Å². The summed E-state index contributed by atoms with van der Waals surface area (Å²) in [4.78, 5) is 15.2. The summed E-state index contributed by atoms with van der Waals surface area (Å²) in [6.07, 6.45) is 3.75. The number of nitrogens with one attached hydrogen (secondary N) is 1. The molecule has 0 aliphatic heterocycles. The second kappa shape index (κ2) is 10.7. The Morgan fingerprint density at radius 2 is 1.74 bits per heavy atom. The van der Waals surface area contributed by atoms with Crippen LogP contribution in [0.3, 0.4) is 0 Å². The van der Waals surface area contributed by atoms with Crippen molar-refractivity contribution in [2.75, 3.05) is 7.11 Å². The number of hydrogen-bond donors (Lipinski definition) is 1. The topological polar surface area (TPSA) is 79.2 Å². The van der Waals surface area contributed by atoms with Gasteiger partial charge in [0.15, 0.2) is 0 Å². The fraction of sp³-hybridized carbons (Fsp3) is 0.200. The van der Waals surface area contributed by atoms with E-state index in [9.17, 15) is 9.90 Å². The summed E-state index contributed by atoms with van der Waals surface area (Å²) in [7, 11) is 1.65. The van der Waals surface area contributed by atoms with Crippen molar-refractivity contribution in [1.82, 2.24) is 14.9 Å². The molecular formula is C20H20KN3O3. The maximum atomic E-state index is 10.8. The van der Waals surface area contributed by atoms with Crippen molar-refractivity contribution < 1.29 is 66.0 Å². The summed E-state index contributed by atoms with van der Waals surface area (Å²) in [5.41, 5.74) is 3.32. The molecule has 6 nitrogen and oxygen atoms in total. The summed E-state index contributed by atoms with van der Waals surface area (Å²) < 4.78 is 7.12. The molecule has 3 aromatic rings. The van der Waals surface area contributed by atoms with Gasteiger partial charge in [0.25, 0.3) is 0 Å². The fourth-order valence-corrected chi connectivity index (χ4v) is 2.62. The van der Waals surface area contributed by atoms with Gasteiger partial charge in [-0.25, -0.2) is 4.98 Å². The minimum absolute atomic E-state index is 0. The first-order valence-electron chi connectivity index (χ1n) is 8.28. The van der Waals surface area contributed by atoms with Gasteiger partial charge in [-0.3, -0.25) is 0 Å². The van der Waals surface area contributed by atoms with Crippen molar-refractivity contribution in [2.45, 2.75) is 19.6 Å². The maximum Gasteiger partial charge on any atom is 1.00 e. The van der Waals surface area contributed by atoms with Crippen LogP contribution in [0.2, 0.25) is 0 Å². The molecule has 0 aliphatic carbocycles. The van der Waals surface area contributed by atoms with Gasteiger partial charge in [-0.05, 0) is 28.8 Å². The van der Waals surface area contributed by atoms with E-state index in [1.54, 1.807) is 37.7 Å². The third kappa shape index (κ3) is 6.56. The standard InChI is InChI=1S/C20H21N3O3.K/c1-26-19-8-4-15(5-9-19)10-21-11-18-13-23(14-22-18)12-16-2-6-17(7-3-16)20(24)25;/h2-9,13-14,21H,10-12H2,1H3,(H,24,25);/q;+1/p-1. The van der Waals surface area contributed by atoms with Gasteiger partial charge >= 0.3 is 51.4 Å². The zero-order valence-electron chi connectivity index (χ0n) is 15.5. The van der Waals surface area contributed by atoms with Crippen LogP contribution in [-0.4, -0.2) is 22.6 Å². The van der Waals surface area contributed by atoms with E-state index >= 15 is 0 Å². The van der Waals surface area contributed by atoms with Crippen LogP contribution in [0.1, 0.15) is 27.2 Å². The minimum atomic E-state index is -1.16. The molecule has 1 heterocycles. The van der Waals surface area contributed by atoms with Gasteiger partial charge in [0, 0.05) is 25.8 Å². The van der Waals surface area contributed by atoms with Gasteiger partial charge in [0.2, 0.25) is 0 Å². The molecule has 2 aromatic carbocycles. The van der Waals surface area contributed by atoms with Crippen LogP contribution in [0.15, 0.2) is 61.1 Å². The zero-order chi connectivity index (χ0) is 18.4. The molecule has 0 spiro atoms. The number of rotatable bonds is 8. The van der Waals surface area contributed by atoms with Crippen LogP contribution < -0.4 is 66.5 Å². The average molecular weight is 389 g/mol. The van der Waals surface area contributed by atoms with Crippen molar-refractivity contribution in [3.63, 3.8) is 0 Å². The molecule has 0 saturated heterocycles. The van der Waals surface area contributed by atoms with Gasteiger partial charge in [0.1, 0.15) is 5.75 Å². The molecule has 7 heteroatoms. The van der Waals surface area contributed by atoms with Crippen LogP contribution in [0.4, 0.5) is 0 Å². The van der Waals surface area contributed by atoms with E-state index in [2.05, 4.69) is 10.3 Å². The number of carbonyl (C=O) groups excluding carboxylic acids is 1. The Labute approximate surface area is 201 Å². The molecular weight excluding hydrogens is 369 g/mol. The number of aromatic carboxylic acids is 1. The molecule has 0 saturated carbocycles. The number of hydrogen-bond acceptors (Lipinski definition) is 5. The Morgan fingerprint density at radius 3 is 2.37 bits per heavy atom. The number of ether oxygens (including phenoxy) is 1. The first-order chi connectivity index (χ1) is 12.6. The van der Waals surface area contributed by atoms with E-state index in [0.29, 0.717) is 13.1 Å². The van der Waals surface area contributed by atoms with Gasteiger partial charge in [0.05, 0.1) is 25.1 Å². The molecule has 1 N–H and O–H groups in total. The van der Waals surface area contributed by atoms with Crippen LogP contribution in [0, 0.1) is 0 Å². The quantitative estimate of drug-likeness (QED) is 0.480. The molecule has 0 bridgehead atoms. The Kier molecular flexibility index (Phi) is 8.68. The molecule has 0 unspecified atom stereocenters. The Bertz CT molecular complexity index is 861. The summed E-state index contributed by atoms with van der Waals surface area (Å²) in [5.74, 6) is -0.315. The van der Waals surface area contributed by atoms with E-state index in [1.807, 2.05) is 35.0 Å². The van der Waals surface area contributed by atoms with Crippen molar-refractivity contribution in [2.24, 2.45) is 0 Å². The molecule has 0 atom stereocenters. The second-order valence-electron chi connectivity index (χ2n) is 5.97. The number of carbonyl (C=O) groups is 1. The molecule has 134 valence electrons. The zero-order valence-corrected chi connectivity index (χ0v) is 18.6. The number of carboxylic acids is 1. The first-order valence-corrected chi connectivity index (χ1v) is 8.28. The van der Waals surface area contributed by atoms with E-state index in [0.717, 1.165) is 23.6 Å². The van der Waals surface area contributed by atoms with E-state index in [-0.39, 0.29) is 56.9 Å². The van der Waals surface area contributed by atoms with Crippen molar-refractivity contribution in [1.29, 1.82) is 0 Å². The minimum Gasteiger partial charge on any atom is -0.545 e. The molecule has 0 radical (unpaired) electrons. The summed E-state index contributed by atoms with van der Waals surface area (Å²) >= 11 is 0. The molecule has 0 amide bonds. The number of methoxy groups -OCH3 is 1. The molecule has 27 heavy (non-hydrogen) atoms. The number of imidazole rings is 1. The molecule has 3 rings (SSSR count). The van der Waals surface area contributed by atoms with Gasteiger partial charge < -0.3 is 24.5 Å².